The molecule has 0 bridgehead atoms. The van der Waals surface area contributed by atoms with Crippen LogP contribution in [-0.4, -0.2) is 29.7 Å². The van der Waals surface area contributed by atoms with Crippen LogP contribution >= 0.6 is 11.6 Å². The number of hydrogen-bond donors (Lipinski definition) is 1. The Hall–Kier alpha value is -1.85. The molecule has 0 aliphatic heterocycles. The van der Waals surface area contributed by atoms with E-state index in [4.69, 9.17) is 16.3 Å². The van der Waals surface area contributed by atoms with Gasteiger partial charge in [-0.1, -0.05) is 37.9 Å². The standard InChI is InChI=1S/C20H27ClN2O3/c1-5-7-10-23-17-12-15(21)9-8-14(17)11-16(19(23)25)18(24)22-20(3,6-2)13-26-4/h8-9,11-12H,5-7,10,13H2,1-4H3,(H,22,24). The Bertz CT molecular complexity index is 847. The number of methoxy groups -OCH3 is 1. The number of fused-ring (bicyclic) bond motifs is 1. The smallest absolute Gasteiger partial charge is 0.263 e. The van der Waals surface area contributed by atoms with Gasteiger partial charge in [0.1, 0.15) is 5.56 Å². The number of halogens is 1. The highest BCUT2D eigenvalue weighted by molar-refractivity contribution is 6.31. The molecule has 1 amide bonds. The van der Waals surface area contributed by atoms with Gasteiger partial charge in [-0.3, -0.25) is 9.59 Å². The summed E-state index contributed by atoms with van der Waals surface area (Å²) in [5.74, 6) is -0.376. The molecule has 0 saturated heterocycles. The minimum atomic E-state index is -0.526. The van der Waals surface area contributed by atoms with Crippen LogP contribution in [0, 0.1) is 0 Å². The molecule has 1 N–H and O–H groups in total. The van der Waals surface area contributed by atoms with Gasteiger partial charge in [0.05, 0.1) is 17.7 Å². The van der Waals surface area contributed by atoms with E-state index in [0.29, 0.717) is 24.6 Å². The molecule has 1 atom stereocenters. The lowest BCUT2D eigenvalue weighted by Crippen LogP contribution is -2.50. The summed E-state index contributed by atoms with van der Waals surface area (Å²) in [7, 11) is 1.59. The quantitative estimate of drug-likeness (QED) is 0.755. The first kappa shape index (κ1) is 20.5. The summed E-state index contributed by atoms with van der Waals surface area (Å²) in [4.78, 5) is 25.8. The lowest BCUT2D eigenvalue weighted by molar-refractivity contribution is 0.0780. The number of ether oxygens (including phenoxy) is 1. The van der Waals surface area contributed by atoms with Gasteiger partial charge in [0.25, 0.3) is 11.5 Å². The molecule has 0 aliphatic rings. The Morgan fingerprint density at radius 1 is 1.31 bits per heavy atom. The van der Waals surface area contributed by atoms with Gasteiger partial charge < -0.3 is 14.6 Å². The van der Waals surface area contributed by atoms with Crippen LogP contribution in [0.2, 0.25) is 5.02 Å². The first-order valence-corrected chi connectivity index (χ1v) is 9.37. The van der Waals surface area contributed by atoms with Crippen molar-refractivity contribution in [2.24, 2.45) is 0 Å². The summed E-state index contributed by atoms with van der Waals surface area (Å²) >= 11 is 6.11. The van der Waals surface area contributed by atoms with Gasteiger partial charge in [0, 0.05) is 18.7 Å². The molecule has 1 aromatic carbocycles. The zero-order chi connectivity index (χ0) is 19.3. The molecule has 2 rings (SSSR count). The Morgan fingerprint density at radius 3 is 2.65 bits per heavy atom. The lowest BCUT2D eigenvalue weighted by Gasteiger charge is -2.28. The first-order chi connectivity index (χ1) is 12.3. The number of unbranched alkanes of at least 4 members (excludes halogenated alkanes) is 1. The number of benzene rings is 1. The third-order valence-electron chi connectivity index (χ3n) is 4.70. The van der Waals surface area contributed by atoms with E-state index >= 15 is 0 Å². The molecule has 0 aliphatic carbocycles. The predicted molar refractivity (Wildman–Crippen MR) is 106 cm³/mol. The molecule has 2 aromatic rings. The largest absolute Gasteiger partial charge is 0.382 e. The van der Waals surface area contributed by atoms with E-state index in [1.54, 1.807) is 29.9 Å². The van der Waals surface area contributed by atoms with Crippen LogP contribution in [0.1, 0.15) is 50.4 Å². The summed E-state index contributed by atoms with van der Waals surface area (Å²) in [5, 5.41) is 4.34. The van der Waals surface area contributed by atoms with Gasteiger partial charge in [-0.15, -0.1) is 0 Å². The molecule has 5 nitrogen and oxygen atoms in total. The number of carbonyl (C=O) groups is 1. The van der Waals surface area contributed by atoms with Crippen molar-refractivity contribution in [3.8, 4) is 0 Å². The summed E-state index contributed by atoms with van der Waals surface area (Å²) in [6.07, 6.45) is 2.50. The molecule has 0 spiro atoms. The molecule has 0 saturated carbocycles. The van der Waals surface area contributed by atoms with Crippen molar-refractivity contribution in [1.82, 2.24) is 9.88 Å². The Balaban J connectivity index is 2.53. The molecule has 1 unspecified atom stereocenters. The summed E-state index contributed by atoms with van der Waals surface area (Å²) in [5.41, 5.74) is 0.0810. The number of carbonyl (C=O) groups excluding carboxylic acids is 1. The van der Waals surface area contributed by atoms with Crippen LogP contribution < -0.4 is 10.9 Å². The van der Waals surface area contributed by atoms with E-state index in [2.05, 4.69) is 12.2 Å². The van der Waals surface area contributed by atoms with E-state index in [1.165, 1.54) is 0 Å². The molecule has 1 heterocycles. The highest BCUT2D eigenvalue weighted by Crippen LogP contribution is 2.20. The number of pyridine rings is 1. The van der Waals surface area contributed by atoms with Gasteiger partial charge in [0.2, 0.25) is 0 Å². The second kappa shape index (κ2) is 8.69. The van der Waals surface area contributed by atoms with E-state index in [1.807, 2.05) is 19.9 Å². The van der Waals surface area contributed by atoms with Crippen LogP contribution in [0.15, 0.2) is 29.1 Å². The highest BCUT2D eigenvalue weighted by atomic mass is 35.5. The maximum atomic E-state index is 13.0. The van der Waals surface area contributed by atoms with Gasteiger partial charge >= 0.3 is 0 Å². The van der Waals surface area contributed by atoms with Crippen LogP contribution in [0.3, 0.4) is 0 Å². The molecule has 142 valence electrons. The Morgan fingerprint density at radius 2 is 2.04 bits per heavy atom. The van der Waals surface area contributed by atoms with Crippen LogP contribution in [-0.2, 0) is 11.3 Å². The monoisotopic (exact) mass is 378 g/mol. The zero-order valence-electron chi connectivity index (χ0n) is 15.9. The second-order valence-corrected chi connectivity index (χ2v) is 7.31. The van der Waals surface area contributed by atoms with Crippen molar-refractivity contribution in [1.29, 1.82) is 0 Å². The molecule has 26 heavy (non-hydrogen) atoms. The van der Waals surface area contributed by atoms with E-state index in [9.17, 15) is 9.59 Å². The van der Waals surface area contributed by atoms with Crippen LogP contribution in [0.4, 0.5) is 0 Å². The third kappa shape index (κ3) is 4.46. The number of hydrogen-bond acceptors (Lipinski definition) is 3. The van der Waals surface area contributed by atoms with Crippen molar-refractivity contribution in [2.45, 2.75) is 52.1 Å². The number of aromatic nitrogens is 1. The van der Waals surface area contributed by atoms with Gasteiger partial charge in [-0.2, -0.15) is 0 Å². The SMILES string of the molecule is CCCCn1c(=O)c(C(=O)NC(C)(CC)COC)cc2ccc(Cl)cc21. The molecule has 6 heteroatoms. The van der Waals surface area contributed by atoms with Crippen molar-refractivity contribution in [3.63, 3.8) is 0 Å². The number of nitrogens with zero attached hydrogens (tertiary/aromatic N) is 1. The van der Waals surface area contributed by atoms with Crippen molar-refractivity contribution in [3.05, 3.63) is 45.2 Å². The van der Waals surface area contributed by atoms with Crippen LogP contribution in [0.25, 0.3) is 10.9 Å². The Kier molecular flexibility index (Phi) is 6.84. The molecule has 1 aromatic heterocycles. The normalized spacial score (nSPS) is 13.6. The molecular weight excluding hydrogens is 352 g/mol. The fourth-order valence-electron chi connectivity index (χ4n) is 2.93. The molecular formula is C20H27ClN2O3. The fourth-order valence-corrected chi connectivity index (χ4v) is 3.10. The van der Waals surface area contributed by atoms with E-state index < -0.39 is 5.54 Å². The number of rotatable bonds is 8. The van der Waals surface area contributed by atoms with E-state index in [-0.39, 0.29) is 17.0 Å². The fraction of sp³-hybridized carbons (Fsp3) is 0.500. The van der Waals surface area contributed by atoms with Crippen molar-refractivity contribution >= 4 is 28.4 Å². The third-order valence-corrected chi connectivity index (χ3v) is 4.93. The topological polar surface area (TPSA) is 60.3 Å². The van der Waals surface area contributed by atoms with E-state index in [0.717, 1.165) is 23.7 Å². The molecule has 0 radical (unpaired) electrons. The maximum absolute atomic E-state index is 13.0. The van der Waals surface area contributed by atoms with Crippen LogP contribution in [0.5, 0.6) is 0 Å². The average molecular weight is 379 g/mol. The second-order valence-electron chi connectivity index (χ2n) is 6.87. The van der Waals surface area contributed by atoms with Crippen molar-refractivity contribution in [2.75, 3.05) is 13.7 Å². The maximum Gasteiger partial charge on any atom is 0.263 e. The minimum Gasteiger partial charge on any atom is -0.382 e. The summed E-state index contributed by atoms with van der Waals surface area (Å²) < 4.78 is 6.86. The number of aryl methyl sites for hydroxylation is 1. The Labute approximate surface area is 159 Å². The number of nitrogens with one attached hydrogen (secondary N) is 1. The van der Waals surface area contributed by atoms with Gasteiger partial charge in [0.15, 0.2) is 0 Å². The summed E-state index contributed by atoms with van der Waals surface area (Å²) in [6.45, 7) is 6.87. The van der Waals surface area contributed by atoms with Gasteiger partial charge in [-0.05, 0) is 43.4 Å². The predicted octanol–water partition coefficient (Wildman–Crippen LogP) is 4.00. The summed E-state index contributed by atoms with van der Waals surface area (Å²) in [6, 6.07) is 7.02. The number of amides is 1. The zero-order valence-corrected chi connectivity index (χ0v) is 16.7. The molecule has 0 fully saturated rings. The average Bonchev–Trinajstić information content (AvgIpc) is 2.60. The highest BCUT2D eigenvalue weighted by Gasteiger charge is 2.26. The minimum absolute atomic E-state index is 0.145. The first-order valence-electron chi connectivity index (χ1n) is 8.99. The van der Waals surface area contributed by atoms with Crippen molar-refractivity contribution < 1.29 is 9.53 Å². The van der Waals surface area contributed by atoms with Gasteiger partial charge in [-0.25, -0.2) is 0 Å². The lowest BCUT2D eigenvalue weighted by atomic mass is 9.99.